The Labute approximate surface area is 355 Å². The molecule has 0 rings (SSSR count). The van der Waals surface area contributed by atoms with Gasteiger partial charge < -0.3 is 19.3 Å². The van der Waals surface area contributed by atoms with E-state index < -0.39 is 32.5 Å². The van der Waals surface area contributed by atoms with Crippen molar-refractivity contribution in [2.45, 2.75) is 213 Å². The van der Waals surface area contributed by atoms with Gasteiger partial charge in [-0.3, -0.25) is 14.1 Å². The topological polar surface area (TPSA) is 119 Å². The van der Waals surface area contributed by atoms with Crippen LogP contribution in [0.3, 0.4) is 0 Å². The lowest BCUT2D eigenvalue weighted by atomic mass is 10.0. The summed E-state index contributed by atoms with van der Waals surface area (Å²) in [6.45, 7) is 3.55. The first-order valence-electron chi connectivity index (χ1n) is 23.2. The van der Waals surface area contributed by atoms with E-state index in [1.807, 2.05) is 0 Å². The predicted molar refractivity (Wildman–Crippen MR) is 244 cm³/mol. The van der Waals surface area contributed by atoms with Gasteiger partial charge in [-0.15, -0.1) is 0 Å². The number of hydrogen-bond acceptors (Lipinski definition) is 6. The van der Waals surface area contributed by atoms with E-state index in [2.05, 4.69) is 91.3 Å². The number of phosphoric ester groups is 1. The molecule has 9 heteroatoms. The quantitative estimate of drug-likeness (QED) is 0.0270. The zero-order valence-corrected chi connectivity index (χ0v) is 37.8. The van der Waals surface area contributed by atoms with Gasteiger partial charge in [0, 0.05) is 12.8 Å². The van der Waals surface area contributed by atoms with Crippen molar-refractivity contribution in [3.8, 4) is 0 Å². The molecule has 0 spiro atoms. The Morgan fingerprint density at radius 2 is 0.828 bits per heavy atom. The molecule has 0 amide bonds. The number of carbonyl (C=O) groups excluding carboxylic acids is 2. The second-order valence-electron chi connectivity index (χ2n) is 15.3. The van der Waals surface area contributed by atoms with Crippen molar-refractivity contribution < 1.29 is 37.9 Å². The average Bonchev–Trinajstić information content (AvgIpc) is 3.20. The van der Waals surface area contributed by atoms with Crippen LogP contribution >= 0.6 is 7.82 Å². The smallest absolute Gasteiger partial charge is 0.462 e. The molecule has 0 unspecified atom stereocenters. The number of rotatable bonds is 42. The normalized spacial score (nSPS) is 13.1. The molecule has 0 radical (unpaired) electrons. The van der Waals surface area contributed by atoms with Crippen molar-refractivity contribution in [3.63, 3.8) is 0 Å². The lowest BCUT2D eigenvalue weighted by Gasteiger charge is -2.18. The van der Waals surface area contributed by atoms with E-state index >= 15 is 0 Å². The minimum atomic E-state index is -4.77. The van der Waals surface area contributed by atoms with Gasteiger partial charge in [0.05, 0.1) is 6.61 Å². The monoisotopic (exact) mass is 833 g/mol. The van der Waals surface area contributed by atoms with Gasteiger partial charge in [0.1, 0.15) is 6.61 Å². The summed E-state index contributed by atoms with van der Waals surface area (Å²) in [7, 11) is -4.77. The maximum absolute atomic E-state index is 12.5. The molecule has 2 N–H and O–H groups in total. The van der Waals surface area contributed by atoms with Gasteiger partial charge in [0.15, 0.2) is 6.10 Å². The molecule has 334 valence electrons. The number of phosphoric acid groups is 1. The highest BCUT2D eigenvalue weighted by Gasteiger charge is 2.22. The summed E-state index contributed by atoms with van der Waals surface area (Å²) in [5.41, 5.74) is 0. The zero-order chi connectivity index (χ0) is 42.5. The van der Waals surface area contributed by atoms with Crippen LogP contribution in [0.5, 0.6) is 0 Å². The Balaban J connectivity index is 3.93. The van der Waals surface area contributed by atoms with Crippen molar-refractivity contribution in [1.29, 1.82) is 0 Å². The van der Waals surface area contributed by atoms with Crippen molar-refractivity contribution in [1.82, 2.24) is 0 Å². The SMILES string of the molecule is CC/C=C\C/C=C\C/C=C\C/C=C\C/C=C\CCCCCC(=O)OC[C@H](COP(=O)(O)O)OC(=O)CCCCCCCCCCCCC/C=C\CCCCCCCC. The fraction of sp³-hybridized carbons (Fsp3) is 0.714. The van der Waals surface area contributed by atoms with E-state index in [-0.39, 0.29) is 19.4 Å². The van der Waals surface area contributed by atoms with Crippen LogP contribution in [0.15, 0.2) is 72.9 Å². The second-order valence-corrected chi connectivity index (χ2v) is 16.6. The third-order valence-electron chi connectivity index (χ3n) is 9.71. The lowest BCUT2D eigenvalue weighted by Crippen LogP contribution is -2.29. The van der Waals surface area contributed by atoms with Crippen LogP contribution in [0.2, 0.25) is 0 Å². The Hall–Kier alpha value is -2.51. The fourth-order valence-electron chi connectivity index (χ4n) is 6.28. The molecule has 0 fully saturated rings. The lowest BCUT2D eigenvalue weighted by molar-refractivity contribution is -0.161. The maximum Gasteiger partial charge on any atom is 0.469 e. The van der Waals surface area contributed by atoms with E-state index in [1.165, 1.54) is 96.3 Å². The van der Waals surface area contributed by atoms with Crippen LogP contribution in [0, 0.1) is 0 Å². The van der Waals surface area contributed by atoms with Crippen LogP contribution in [0.25, 0.3) is 0 Å². The third-order valence-corrected chi connectivity index (χ3v) is 10.2. The van der Waals surface area contributed by atoms with Crippen molar-refractivity contribution >= 4 is 19.8 Å². The summed E-state index contributed by atoms with van der Waals surface area (Å²) >= 11 is 0. The summed E-state index contributed by atoms with van der Waals surface area (Å²) in [4.78, 5) is 43.0. The minimum absolute atomic E-state index is 0.201. The van der Waals surface area contributed by atoms with Crippen LogP contribution in [0.1, 0.15) is 206 Å². The van der Waals surface area contributed by atoms with Gasteiger partial charge in [0.2, 0.25) is 0 Å². The van der Waals surface area contributed by atoms with Crippen molar-refractivity contribution in [3.05, 3.63) is 72.9 Å². The number of ether oxygens (including phenoxy) is 2. The fourth-order valence-corrected chi connectivity index (χ4v) is 6.64. The molecule has 0 aromatic carbocycles. The Bertz CT molecular complexity index is 1170. The van der Waals surface area contributed by atoms with E-state index in [0.29, 0.717) is 12.8 Å². The Kier molecular flexibility index (Phi) is 42.1. The first-order chi connectivity index (χ1) is 28.3. The molecule has 0 aromatic heterocycles. The first-order valence-corrected chi connectivity index (χ1v) is 24.8. The molecule has 0 aliphatic carbocycles. The number of unbranched alkanes of at least 4 members (excludes halogenated alkanes) is 20. The number of allylic oxidation sites excluding steroid dienone is 12. The molecule has 0 aromatic rings. The van der Waals surface area contributed by atoms with Gasteiger partial charge in [-0.1, -0.05) is 183 Å². The van der Waals surface area contributed by atoms with Gasteiger partial charge >= 0.3 is 19.8 Å². The molecule has 58 heavy (non-hydrogen) atoms. The Morgan fingerprint density at radius 1 is 0.466 bits per heavy atom. The summed E-state index contributed by atoms with van der Waals surface area (Å²) in [6.07, 6.45) is 57.7. The van der Waals surface area contributed by atoms with Gasteiger partial charge in [-0.2, -0.15) is 0 Å². The van der Waals surface area contributed by atoms with E-state index in [1.54, 1.807) is 0 Å². The highest BCUT2D eigenvalue weighted by Crippen LogP contribution is 2.36. The highest BCUT2D eigenvalue weighted by molar-refractivity contribution is 7.46. The zero-order valence-electron chi connectivity index (χ0n) is 36.9. The molecule has 0 bridgehead atoms. The van der Waals surface area contributed by atoms with Gasteiger partial charge in [-0.05, 0) is 83.5 Å². The minimum Gasteiger partial charge on any atom is -0.462 e. The molecular formula is C49H85O8P. The molecule has 8 nitrogen and oxygen atoms in total. The van der Waals surface area contributed by atoms with Crippen LogP contribution in [-0.4, -0.2) is 41.0 Å². The molecule has 0 aliphatic rings. The van der Waals surface area contributed by atoms with Gasteiger partial charge in [-0.25, -0.2) is 4.57 Å². The summed E-state index contributed by atoms with van der Waals surface area (Å²) in [6, 6.07) is 0. The largest absolute Gasteiger partial charge is 0.469 e. The molecule has 0 saturated heterocycles. The summed E-state index contributed by atoms with van der Waals surface area (Å²) in [5, 5.41) is 0. The molecule has 1 atom stereocenters. The summed E-state index contributed by atoms with van der Waals surface area (Å²) < 4.78 is 26.4. The van der Waals surface area contributed by atoms with Crippen molar-refractivity contribution in [2.75, 3.05) is 13.2 Å². The molecule has 0 saturated carbocycles. The number of hydrogen-bond donors (Lipinski definition) is 2. The predicted octanol–water partition coefficient (Wildman–Crippen LogP) is 14.6. The summed E-state index contributed by atoms with van der Waals surface area (Å²) in [5.74, 6) is -0.924. The number of carbonyl (C=O) groups is 2. The molecule has 0 aliphatic heterocycles. The highest BCUT2D eigenvalue weighted by atomic mass is 31.2. The van der Waals surface area contributed by atoms with E-state index in [9.17, 15) is 14.2 Å². The van der Waals surface area contributed by atoms with Crippen LogP contribution in [-0.2, 0) is 28.2 Å². The Morgan fingerprint density at radius 3 is 1.28 bits per heavy atom. The first kappa shape index (κ1) is 55.5. The number of esters is 2. The van der Waals surface area contributed by atoms with Gasteiger partial charge in [0.25, 0.3) is 0 Å². The molecular weight excluding hydrogens is 748 g/mol. The average molecular weight is 833 g/mol. The van der Waals surface area contributed by atoms with Crippen molar-refractivity contribution in [2.24, 2.45) is 0 Å². The maximum atomic E-state index is 12.5. The second kappa shape index (κ2) is 44.1. The standard InChI is InChI=1S/C49H85O8P/c1-3-5-7-9-11-13-15-17-19-21-23-24-26-28-30-32-34-36-38-40-42-44-49(51)57-47(46-56-58(52,53)54)45-55-48(50)43-41-39-37-35-33-31-29-27-25-22-20-18-16-14-12-10-8-6-4-2/h6,8,12,14,17-20,25,27,31,33,47H,3-5,7,9-11,13,15-16,21-24,26,28-30,32,34-46H2,1-2H3,(H2,52,53,54)/b8-6-,14-12-,19-17-,20-18-,27-25-,33-31-/t47-/m1/s1. The van der Waals surface area contributed by atoms with E-state index in [0.717, 1.165) is 70.6 Å². The third kappa shape index (κ3) is 46.2. The van der Waals surface area contributed by atoms with Crippen LogP contribution < -0.4 is 0 Å². The van der Waals surface area contributed by atoms with E-state index in [4.69, 9.17) is 19.3 Å². The molecule has 0 heterocycles. The van der Waals surface area contributed by atoms with Crippen LogP contribution in [0.4, 0.5) is 0 Å².